The van der Waals surface area contributed by atoms with Crippen LogP contribution in [0.1, 0.15) is 12.0 Å². The fraction of sp³-hybridized carbons (Fsp3) is 0.154. The zero-order chi connectivity index (χ0) is 11.5. The van der Waals surface area contributed by atoms with Gasteiger partial charge in [0, 0.05) is 11.8 Å². The SMILES string of the molecule is O=C(O)CCc1ccc2c(O)cccc2c1. The number of phenols is 1. The molecule has 0 radical (unpaired) electrons. The standard InChI is InChI=1S/C13H12O3/c14-12-3-1-2-10-8-9(4-6-11(10)12)5-7-13(15)16/h1-4,6,8,14H,5,7H2,(H,15,16). The molecule has 0 saturated heterocycles. The average molecular weight is 216 g/mol. The Labute approximate surface area is 93.0 Å². The predicted molar refractivity (Wildman–Crippen MR) is 61.6 cm³/mol. The lowest BCUT2D eigenvalue weighted by molar-refractivity contribution is -0.136. The molecule has 0 spiro atoms. The Morgan fingerprint density at radius 3 is 2.75 bits per heavy atom. The number of carboxylic acids is 1. The van der Waals surface area contributed by atoms with Crippen LogP contribution in [0.2, 0.25) is 0 Å². The van der Waals surface area contributed by atoms with Gasteiger partial charge in [0.05, 0.1) is 0 Å². The second-order valence-electron chi connectivity index (χ2n) is 3.73. The minimum absolute atomic E-state index is 0.129. The fourth-order valence-corrected chi connectivity index (χ4v) is 1.72. The first-order chi connectivity index (χ1) is 7.66. The molecule has 0 amide bonds. The highest BCUT2D eigenvalue weighted by molar-refractivity contribution is 5.88. The number of aliphatic carboxylic acids is 1. The van der Waals surface area contributed by atoms with E-state index in [0.29, 0.717) is 6.42 Å². The van der Waals surface area contributed by atoms with E-state index in [4.69, 9.17) is 5.11 Å². The first-order valence-corrected chi connectivity index (χ1v) is 5.09. The molecule has 0 heterocycles. The highest BCUT2D eigenvalue weighted by Crippen LogP contribution is 2.25. The molecular formula is C13H12O3. The van der Waals surface area contributed by atoms with Crippen LogP contribution in [-0.2, 0) is 11.2 Å². The Balaban J connectivity index is 2.33. The van der Waals surface area contributed by atoms with Crippen molar-refractivity contribution >= 4 is 16.7 Å². The van der Waals surface area contributed by atoms with Crippen molar-refractivity contribution in [3.63, 3.8) is 0 Å². The molecule has 2 aromatic rings. The number of aryl methyl sites for hydroxylation is 1. The summed E-state index contributed by atoms with van der Waals surface area (Å²) in [6, 6.07) is 10.9. The number of hydrogen-bond acceptors (Lipinski definition) is 2. The van der Waals surface area contributed by atoms with Crippen molar-refractivity contribution in [3.05, 3.63) is 42.0 Å². The van der Waals surface area contributed by atoms with Crippen molar-refractivity contribution < 1.29 is 15.0 Å². The Morgan fingerprint density at radius 1 is 1.19 bits per heavy atom. The average Bonchev–Trinajstić information content (AvgIpc) is 2.26. The van der Waals surface area contributed by atoms with Gasteiger partial charge in [0.15, 0.2) is 0 Å². The number of rotatable bonds is 3. The maximum atomic E-state index is 10.5. The molecule has 0 fully saturated rings. The van der Waals surface area contributed by atoms with E-state index in [9.17, 15) is 9.90 Å². The lowest BCUT2D eigenvalue weighted by Gasteiger charge is -2.03. The van der Waals surface area contributed by atoms with Crippen LogP contribution in [0.5, 0.6) is 5.75 Å². The zero-order valence-electron chi connectivity index (χ0n) is 8.68. The molecule has 16 heavy (non-hydrogen) atoms. The lowest BCUT2D eigenvalue weighted by atomic mass is 10.0. The van der Waals surface area contributed by atoms with E-state index in [2.05, 4.69) is 0 Å². The number of hydrogen-bond donors (Lipinski definition) is 2. The van der Waals surface area contributed by atoms with Gasteiger partial charge in [-0.2, -0.15) is 0 Å². The zero-order valence-corrected chi connectivity index (χ0v) is 8.68. The summed E-state index contributed by atoms with van der Waals surface area (Å²) in [5, 5.41) is 19.9. The summed E-state index contributed by atoms with van der Waals surface area (Å²) in [6.07, 6.45) is 0.644. The maximum Gasteiger partial charge on any atom is 0.303 e. The van der Waals surface area contributed by atoms with Crippen LogP contribution in [0.3, 0.4) is 0 Å². The molecule has 0 aliphatic heterocycles. The molecule has 0 unspecified atom stereocenters. The summed E-state index contributed by atoms with van der Waals surface area (Å²) >= 11 is 0. The minimum atomic E-state index is -0.795. The van der Waals surface area contributed by atoms with Crippen LogP contribution in [0.25, 0.3) is 10.8 Å². The number of carbonyl (C=O) groups is 1. The molecule has 3 nitrogen and oxygen atoms in total. The Morgan fingerprint density at radius 2 is 2.00 bits per heavy atom. The molecule has 3 heteroatoms. The van der Waals surface area contributed by atoms with Crippen molar-refractivity contribution in [2.24, 2.45) is 0 Å². The van der Waals surface area contributed by atoms with E-state index in [1.54, 1.807) is 12.1 Å². The van der Waals surface area contributed by atoms with Gasteiger partial charge in [0.2, 0.25) is 0 Å². The number of carboxylic acid groups (broad SMARTS) is 1. The van der Waals surface area contributed by atoms with Crippen LogP contribution >= 0.6 is 0 Å². The van der Waals surface area contributed by atoms with Gasteiger partial charge in [-0.1, -0.05) is 30.3 Å². The number of phenolic OH excluding ortho intramolecular Hbond substituents is 1. The van der Waals surface area contributed by atoms with Gasteiger partial charge >= 0.3 is 5.97 Å². The molecule has 2 aromatic carbocycles. The van der Waals surface area contributed by atoms with Crippen molar-refractivity contribution in [2.75, 3.05) is 0 Å². The highest BCUT2D eigenvalue weighted by Gasteiger charge is 2.02. The third-order valence-electron chi connectivity index (χ3n) is 2.55. The molecule has 0 aromatic heterocycles. The summed E-state index contributed by atoms with van der Waals surface area (Å²) < 4.78 is 0. The second-order valence-corrected chi connectivity index (χ2v) is 3.73. The topological polar surface area (TPSA) is 57.5 Å². The van der Waals surface area contributed by atoms with E-state index in [1.165, 1.54) is 0 Å². The highest BCUT2D eigenvalue weighted by atomic mass is 16.4. The molecule has 0 aliphatic rings. The van der Waals surface area contributed by atoms with Gasteiger partial charge in [0.25, 0.3) is 0 Å². The first-order valence-electron chi connectivity index (χ1n) is 5.09. The summed E-state index contributed by atoms with van der Waals surface area (Å²) in [5.74, 6) is -0.543. The summed E-state index contributed by atoms with van der Waals surface area (Å²) in [7, 11) is 0. The molecule has 0 atom stereocenters. The van der Waals surface area contributed by atoms with Crippen LogP contribution in [0.15, 0.2) is 36.4 Å². The maximum absolute atomic E-state index is 10.5. The Kier molecular flexibility index (Phi) is 2.77. The van der Waals surface area contributed by atoms with Crippen LogP contribution in [-0.4, -0.2) is 16.2 Å². The van der Waals surface area contributed by atoms with E-state index in [1.807, 2.05) is 24.3 Å². The second kappa shape index (κ2) is 4.23. The molecule has 82 valence electrons. The number of fused-ring (bicyclic) bond motifs is 1. The van der Waals surface area contributed by atoms with Gasteiger partial charge < -0.3 is 10.2 Å². The van der Waals surface area contributed by atoms with E-state index in [0.717, 1.165) is 16.3 Å². The lowest BCUT2D eigenvalue weighted by Crippen LogP contribution is -1.97. The van der Waals surface area contributed by atoms with E-state index >= 15 is 0 Å². The number of aromatic hydroxyl groups is 1. The molecule has 2 rings (SSSR count). The normalized spacial score (nSPS) is 10.5. The van der Waals surface area contributed by atoms with Gasteiger partial charge in [-0.05, 0) is 23.4 Å². The minimum Gasteiger partial charge on any atom is -0.507 e. The first kappa shape index (κ1) is 10.5. The third kappa shape index (κ3) is 2.14. The monoisotopic (exact) mass is 216 g/mol. The van der Waals surface area contributed by atoms with Crippen molar-refractivity contribution in [1.29, 1.82) is 0 Å². The predicted octanol–water partition coefficient (Wildman–Crippen LogP) is 2.56. The third-order valence-corrected chi connectivity index (χ3v) is 2.55. The Hall–Kier alpha value is -2.03. The van der Waals surface area contributed by atoms with Crippen LogP contribution in [0.4, 0.5) is 0 Å². The van der Waals surface area contributed by atoms with Gasteiger partial charge in [-0.25, -0.2) is 0 Å². The Bertz CT molecular complexity index is 532. The summed E-state index contributed by atoms with van der Waals surface area (Å²) in [6.45, 7) is 0. The van der Waals surface area contributed by atoms with E-state index < -0.39 is 5.97 Å². The van der Waals surface area contributed by atoms with Crippen molar-refractivity contribution in [1.82, 2.24) is 0 Å². The molecule has 0 aliphatic carbocycles. The van der Waals surface area contributed by atoms with Crippen molar-refractivity contribution in [2.45, 2.75) is 12.8 Å². The quantitative estimate of drug-likeness (QED) is 0.829. The molecule has 0 bridgehead atoms. The smallest absolute Gasteiger partial charge is 0.303 e. The fourth-order valence-electron chi connectivity index (χ4n) is 1.72. The molecule has 0 saturated carbocycles. The summed E-state index contributed by atoms with van der Waals surface area (Å²) in [4.78, 5) is 10.5. The molecule has 2 N–H and O–H groups in total. The van der Waals surface area contributed by atoms with E-state index in [-0.39, 0.29) is 12.2 Å². The van der Waals surface area contributed by atoms with Gasteiger partial charge in [0.1, 0.15) is 5.75 Å². The largest absolute Gasteiger partial charge is 0.507 e. The van der Waals surface area contributed by atoms with Gasteiger partial charge in [-0.15, -0.1) is 0 Å². The summed E-state index contributed by atoms with van der Waals surface area (Å²) in [5.41, 5.74) is 0.973. The van der Waals surface area contributed by atoms with Crippen molar-refractivity contribution in [3.8, 4) is 5.75 Å². The number of benzene rings is 2. The van der Waals surface area contributed by atoms with Crippen LogP contribution < -0.4 is 0 Å². The molecular weight excluding hydrogens is 204 g/mol. The van der Waals surface area contributed by atoms with Gasteiger partial charge in [-0.3, -0.25) is 4.79 Å². The van der Waals surface area contributed by atoms with Crippen LogP contribution in [0, 0.1) is 0 Å².